The number of halogens is 1. The van der Waals surface area contributed by atoms with Gasteiger partial charge in [0.25, 0.3) is 0 Å². The molecule has 2 N–H and O–H groups in total. The third kappa shape index (κ3) is 5.16. The minimum absolute atomic E-state index is 0.0413. The highest BCUT2D eigenvalue weighted by molar-refractivity contribution is 7.16. The first kappa shape index (κ1) is 12.5. The number of aliphatic hydroxyl groups excluding tert-OH is 1. The lowest BCUT2D eigenvalue weighted by atomic mass is 10.2. The van der Waals surface area contributed by atoms with Crippen LogP contribution in [-0.4, -0.2) is 23.7 Å². The van der Waals surface area contributed by atoms with Crippen LogP contribution in [0, 0.1) is 0 Å². The van der Waals surface area contributed by atoms with Crippen LogP contribution in [0.5, 0.6) is 0 Å². The summed E-state index contributed by atoms with van der Waals surface area (Å²) in [4.78, 5) is 12.4. The minimum atomic E-state index is -0.495. The maximum Gasteiger partial charge on any atom is 0.220 e. The zero-order chi connectivity index (χ0) is 11.3. The van der Waals surface area contributed by atoms with Crippen molar-refractivity contribution in [1.82, 2.24) is 5.32 Å². The van der Waals surface area contributed by atoms with Crippen molar-refractivity contribution in [2.24, 2.45) is 0 Å². The molecule has 3 nitrogen and oxygen atoms in total. The quantitative estimate of drug-likeness (QED) is 0.834. The van der Waals surface area contributed by atoms with Gasteiger partial charge in [-0.25, -0.2) is 0 Å². The topological polar surface area (TPSA) is 49.3 Å². The van der Waals surface area contributed by atoms with Gasteiger partial charge in [0.05, 0.1) is 10.4 Å². The highest BCUT2D eigenvalue weighted by Crippen LogP contribution is 2.22. The van der Waals surface area contributed by atoms with Crippen LogP contribution in [0.1, 0.15) is 18.2 Å². The summed E-state index contributed by atoms with van der Waals surface area (Å²) >= 11 is 7.25. The average molecular weight is 248 g/mol. The molecule has 0 fully saturated rings. The third-order valence-electron chi connectivity index (χ3n) is 1.82. The molecule has 1 amide bonds. The molecule has 0 aliphatic rings. The van der Waals surface area contributed by atoms with Crippen molar-refractivity contribution in [3.8, 4) is 0 Å². The van der Waals surface area contributed by atoms with Gasteiger partial charge < -0.3 is 10.4 Å². The van der Waals surface area contributed by atoms with Crippen LogP contribution >= 0.6 is 22.9 Å². The van der Waals surface area contributed by atoms with Crippen molar-refractivity contribution in [3.63, 3.8) is 0 Å². The maximum absolute atomic E-state index is 11.3. The van der Waals surface area contributed by atoms with Gasteiger partial charge in [-0.1, -0.05) is 11.6 Å². The predicted molar refractivity (Wildman–Crippen MR) is 62.3 cm³/mol. The van der Waals surface area contributed by atoms with Gasteiger partial charge in [0.15, 0.2) is 0 Å². The van der Waals surface area contributed by atoms with Crippen molar-refractivity contribution in [2.45, 2.75) is 25.9 Å². The first-order valence-electron chi connectivity index (χ1n) is 4.77. The molecule has 0 saturated heterocycles. The molecule has 0 bridgehead atoms. The maximum atomic E-state index is 11.3. The second-order valence-corrected chi connectivity index (χ2v) is 5.16. The molecule has 0 saturated carbocycles. The molecule has 0 aromatic carbocycles. The van der Waals surface area contributed by atoms with Crippen molar-refractivity contribution < 1.29 is 9.90 Å². The van der Waals surface area contributed by atoms with Gasteiger partial charge in [0.2, 0.25) is 5.91 Å². The Morgan fingerprint density at radius 3 is 2.93 bits per heavy atom. The first-order valence-corrected chi connectivity index (χ1v) is 5.96. The van der Waals surface area contributed by atoms with E-state index in [2.05, 4.69) is 5.32 Å². The summed E-state index contributed by atoms with van der Waals surface area (Å²) in [5.41, 5.74) is 0. The Morgan fingerprint density at radius 1 is 1.67 bits per heavy atom. The van der Waals surface area contributed by atoms with E-state index in [-0.39, 0.29) is 5.91 Å². The first-order chi connectivity index (χ1) is 7.08. The second-order valence-electron chi connectivity index (χ2n) is 3.36. The average Bonchev–Trinajstić information content (AvgIpc) is 2.58. The highest BCUT2D eigenvalue weighted by atomic mass is 35.5. The van der Waals surface area contributed by atoms with Crippen molar-refractivity contribution >= 4 is 28.8 Å². The molecule has 0 unspecified atom stereocenters. The lowest BCUT2D eigenvalue weighted by molar-refractivity contribution is -0.121. The molecular weight excluding hydrogens is 234 g/mol. The molecule has 0 spiro atoms. The number of amides is 1. The van der Waals surface area contributed by atoms with Crippen LogP contribution in [0.15, 0.2) is 12.1 Å². The molecule has 1 aromatic heterocycles. The Labute approximate surface area is 98.1 Å². The van der Waals surface area contributed by atoms with Crippen LogP contribution < -0.4 is 5.32 Å². The fourth-order valence-corrected chi connectivity index (χ4v) is 2.16. The number of nitrogens with one attached hydrogen (secondary N) is 1. The molecule has 1 heterocycles. The number of hydrogen-bond acceptors (Lipinski definition) is 3. The molecule has 84 valence electrons. The van der Waals surface area contributed by atoms with Gasteiger partial charge >= 0.3 is 0 Å². The standard InChI is InChI=1S/C10H14ClNO2S/c1-7(13)6-12-10(14)5-3-8-2-4-9(11)15-8/h2,4,7,13H,3,5-6H2,1H3,(H,12,14)/t7-/m0/s1. The number of hydrogen-bond donors (Lipinski definition) is 2. The molecule has 0 aliphatic heterocycles. The van der Waals surface area contributed by atoms with Gasteiger partial charge in [-0.2, -0.15) is 0 Å². The van der Waals surface area contributed by atoms with E-state index in [9.17, 15) is 4.79 Å². The Hall–Kier alpha value is -0.580. The summed E-state index contributed by atoms with van der Waals surface area (Å²) in [6.45, 7) is 1.95. The lowest BCUT2D eigenvalue weighted by Crippen LogP contribution is -2.30. The van der Waals surface area contributed by atoms with E-state index in [1.807, 2.05) is 12.1 Å². The molecular formula is C10H14ClNO2S. The van der Waals surface area contributed by atoms with Crippen LogP contribution in [0.2, 0.25) is 4.34 Å². The summed E-state index contributed by atoms with van der Waals surface area (Å²) in [6.07, 6.45) is 0.636. The molecule has 0 aliphatic carbocycles. The van der Waals surface area contributed by atoms with E-state index < -0.39 is 6.10 Å². The van der Waals surface area contributed by atoms with E-state index in [4.69, 9.17) is 16.7 Å². The Bertz CT molecular complexity index is 325. The van der Waals surface area contributed by atoms with Gasteiger partial charge in [-0.15, -0.1) is 11.3 Å². The number of carbonyl (C=O) groups excluding carboxylic acids is 1. The van der Waals surface area contributed by atoms with Crippen LogP contribution in [0.4, 0.5) is 0 Å². The van der Waals surface area contributed by atoms with E-state index in [0.717, 1.165) is 9.21 Å². The fraction of sp³-hybridized carbons (Fsp3) is 0.500. The molecule has 15 heavy (non-hydrogen) atoms. The minimum Gasteiger partial charge on any atom is -0.392 e. The Balaban J connectivity index is 2.22. The summed E-state index contributed by atoms with van der Waals surface area (Å²) < 4.78 is 0.745. The molecule has 1 rings (SSSR count). The van der Waals surface area contributed by atoms with Gasteiger partial charge in [0, 0.05) is 17.8 Å². The molecule has 1 atom stereocenters. The zero-order valence-electron chi connectivity index (χ0n) is 8.50. The van der Waals surface area contributed by atoms with Gasteiger partial charge in [-0.3, -0.25) is 4.79 Å². The second kappa shape index (κ2) is 6.10. The highest BCUT2D eigenvalue weighted by Gasteiger charge is 2.04. The lowest BCUT2D eigenvalue weighted by Gasteiger charge is -2.06. The largest absolute Gasteiger partial charge is 0.392 e. The summed E-state index contributed by atoms with van der Waals surface area (Å²) in [5.74, 6) is -0.0413. The predicted octanol–water partition coefficient (Wildman–Crippen LogP) is 1.83. The summed E-state index contributed by atoms with van der Waals surface area (Å²) in [7, 11) is 0. The smallest absolute Gasteiger partial charge is 0.220 e. The fourth-order valence-electron chi connectivity index (χ4n) is 1.07. The van der Waals surface area contributed by atoms with E-state index in [0.29, 0.717) is 19.4 Å². The van der Waals surface area contributed by atoms with Crippen LogP contribution in [0.3, 0.4) is 0 Å². The Morgan fingerprint density at radius 2 is 2.40 bits per heavy atom. The summed E-state index contributed by atoms with van der Waals surface area (Å²) in [6, 6.07) is 3.75. The Kier molecular flexibility index (Phi) is 5.08. The number of rotatable bonds is 5. The number of aryl methyl sites for hydroxylation is 1. The van der Waals surface area contributed by atoms with Crippen LogP contribution in [0.25, 0.3) is 0 Å². The number of aliphatic hydroxyl groups is 1. The summed E-state index contributed by atoms with van der Waals surface area (Å²) in [5, 5.41) is 11.6. The zero-order valence-corrected chi connectivity index (χ0v) is 10.1. The van der Waals surface area contributed by atoms with Crippen LogP contribution in [-0.2, 0) is 11.2 Å². The van der Waals surface area contributed by atoms with Crippen molar-refractivity contribution in [1.29, 1.82) is 0 Å². The normalized spacial score (nSPS) is 12.5. The monoisotopic (exact) mass is 247 g/mol. The van der Waals surface area contributed by atoms with E-state index >= 15 is 0 Å². The third-order valence-corrected chi connectivity index (χ3v) is 3.11. The van der Waals surface area contributed by atoms with Gasteiger partial charge in [0.1, 0.15) is 0 Å². The van der Waals surface area contributed by atoms with Crippen molar-refractivity contribution in [2.75, 3.05) is 6.54 Å². The van der Waals surface area contributed by atoms with Crippen molar-refractivity contribution in [3.05, 3.63) is 21.3 Å². The molecule has 5 heteroatoms. The van der Waals surface area contributed by atoms with E-state index in [1.54, 1.807) is 6.92 Å². The molecule has 1 aromatic rings. The van der Waals surface area contributed by atoms with Gasteiger partial charge in [-0.05, 0) is 25.5 Å². The number of carbonyl (C=O) groups is 1. The number of thiophene rings is 1. The molecule has 0 radical (unpaired) electrons. The SMILES string of the molecule is C[C@H](O)CNC(=O)CCc1ccc(Cl)s1. The van der Waals surface area contributed by atoms with E-state index in [1.165, 1.54) is 11.3 Å².